The van der Waals surface area contributed by atoms with Crippen molar-refractivity contribution in [2.45, 2.75) is 64.0 Å². The van der Waals surface area contributed by atoms with Gasteiger partial charge in [0.15, 0.2) is 17.0 Å². The predicted molar refractivity (Wildman–Crippen MR) is 135 cm³/mol. The van der Waals surface area contributed by atoms with Crippen LogP contribution < -0.4 is 11.1 Å². The maximum atomic E-state index is 14.0. The average molecular weight is 501 g/mol. The Bertz CT molecular complexity index is 1280. The number of imidazole rings is 1. The van der Waals surface area contributed by atoms with Gasteiger partial charge >= 0.3 is 0 Å². The molecule has 10 heteroatoms. The highest BCUT2D eigenvalue weighted by Crippen LogP contribution is 2.32. The SMILES string of the molecule is CCNC(=O)C(CC)n1c(-c2cccc(F)c2)nc2c(N)nc(C#CC3(O)CCCCC3)nc21.Cl. The number of amides is 1. The minimum Gasteiger partial charge on any atom is -0.382 e. The lowest BCUT2D eigenvalue weighted by Gasteiger charge is -2.26. The highest BCUT2D eigenvalue weighted by atomic mass is 35.5. The van der Waals surface area contributed by atoms with E-state index in [0.717, 1.165) is 19.3 Å². The summed E-state index contributed by atoms with van der Waals surface area (Å²) in [4.78, 5) is 26.4. The average Bonchev–Trinajstić information content (AvgIpc) is 3.19. The van der Waals surface area contributed by atoms with Crippen LogP contribution in [-0.2, 0) is 4.79 Å². The van der Waals surface area contributed by atoms with Crippen LogP contribution in [-0.4, -0.2) is 42.7 Å². The van der Waals surface area contributed by atoms with Crippen LogP contribution >= 0.6 is 12.4 Å². The van der Waals surface area contributed by atoms with Crippen molar-refractivity contribution in [3.8, 4) is 23.2 Å². The van der Waals surface area contributed by atoms with E-state index in [4.69, 9.17) is 5.73 Å². The molecule has 1 unspecified atom stereocenters. The number of carbonyl (C=O) groups excluding carboxylic acids is 1. The fraction of sp³-hybridized carbons (Fsp3) is 0.440. The first-order valence-electron chi connectivity index (χ1n) is 11.7. The number of nitrogens with two attached hydrogens (primary N) is 1. The first kappa shape index (κ1) is 26.4. The summed E-state index contributed by atoms with van der Waals surface area (Å²) in [7, 11) is 0. The molecular weight excluding hydrogens is 471 g/mol. The van der Waals surface area contributed by atoms with Crippen molar-refractivity contribution in [2.75, 3.05) is 12.3 Å². The number of aromatic nitrogens is 4. The highest BCUT2D eigenvalue weighted by molar-refractivity contribution is 5.89. The van der Waals surface area contributed by atoms with E-state index in [0.29, 0.717) is 48.4 Å². The maximum Gasteiger partial charge on any atom is 0.243 e. The van der Waals surface area contributed by atoms with Gasteiger partial charge in [0.05, 0.1) is 0 Å². The van der Waals surface area contributed by atoms with Gasteiger partial charge in [0, 0.05) is 12.1 Å². The van der Waals surface area contributed by atoms with E-state index >= 15 is 0 Å². The van der Waals surface area contributed by atoms with Gasteiger partial charge < -0.3 is 16.2 Å². The van der Waals surface area contributed by atoms with Crippen molar-refractivity contribution in [3.63, 3.8) is 0 Å². The summed E-state index contributed by atoms with van der Waals surface area (Å²) >= 11 is 0. The standard InChI is InChI=1S/C25H29FN6O2.ClH/c1-3-18(24(33)28-4-2)32-22(16-9-8-10-17(26)15-16)31-20-21(27)29-19(30-23(20)32)11-14-25(34)12-6-5-7-13-25;/h8-10,15,18,34H,3-7,12-13H2,1-2H3,(H,28,33)(H2,27,29,30);1H. The first-order chi connectivity index (χ1) is 16.3. The van der Waals surface area contributed by atoms with Gasteiger partial charge in [0.25, 0.3) is 0 Å². The van der Waals surface area contributed by atoms with Crippen LogP contribution in [0.1, 0.15) is 64.2 Å². The van der Waals surface area contributed by atoms with Crippen LogP contribution in [0.3, 0.4) is 0 Å². The summed E-state index contributed by atoms with van der Waals surface area (Å²) in [6, 6.07) is 5.34. The minimum atomic E-state index is -1.06. The molecule has 1 fully saturated rings. The van der Waals surface area contributed by atoms with Crippen LogP contribution in [0.15, 0.2) is 24.3 Å². The minimum absolute atomic E-state index is 0. The van der Waals surface area contributed by atoms with E-state index in [9.17, 15) is 14.3 Å². The normalized spacial score (nSPS) is 15.5. The molecule has 4 rings (SSSR count). The number of aliphatic hydroxyl groups is 1. The number of carbonyl (C=O) groups is 1. The number of anilines is 1. The smallest absolute Gasteiger partial charge is 0.243 e. The van der Waals surface area contributed by atoms with Crippen LogP contribution in [0.25, 0.3) is 22.6 Å². The predicted octanol–water partition coefficient (Wildman–Crippen LogP) is 3.77. The van der Waals surface area contributed by atoms with Gasteiger partial charge in [-0.2, -0.15) is 0 Å². The van der Waals surface area contributed by atoms with Gasteiger partial charge in [-0.3, -0.25) is 9.36 Å². The number of hydrogen-bond donors (Lipinski definition) is 3. The Labute approximate surface area is 210 Å². The largest absolute Gasteiger partial charge is 0.382 e. The zero-order chi connectivity index (χ0) is 24.3. The molecule has 1 aliphatic rings. The van der Waals surface area contributed by atoms with Crippen molar-refractivity contribution in [1.82, 2.24) is 24.8 Å². The molecule has 0 bridgehead atoms. The van der Waals surface area contributed by atoms with Gasteiger partial charge in [0.1, 0.15) is 23.3 Å². The van der Waals surface area contributed by atoms with Crippen molar-refractivity contribution in [2.24, 2.45) is 0 Å². The Hall–Kier alpha value is -3.22. The molecular formula is C25H30ClFN6O2. The summed E-state index contributed by atoms with van der Waals surface area (Å²) in [5.41, 5.74) is 6.31. The molecule has 1 amide bonds. The molecule has 2 aromatic heterocycles. The molecule has 2 heterocycles. The fourth-order valence-corrected chi connectivity index (χ4v) is 4.39. The third-order valence-electron chi connectivity index (χ3n) is 6.09. The number of benzene rings is 1. The lowest BCUT2D eigenvalue weighted by atomic mass is 9.85. The van der Waals surface area contributed by atoms with Crippen molar-refractivity contribution in [1.29, 1.82) is 0 Å². The Morgan fingerprint density at radius 3 is 2.66 bits per heavy atom. The van der Waals surface area contributed by atoms with Gasteiger partial charge in [-0.1, -0.05) is 31.4 Å². The molecule has 0 saturated heterocycles. The van der Waals surface area contributed by atoms with E-state index in [1.807, 2.05) is 13.8 Å². The maximum absolute atomic E-state index is 14.0. The molecule has 0 radical (unpaired) electrons. The topological polar surface area (TPSA) is 119 Å². The first-order valence-corrected chi connectivity index (χ1v) is 11.7. The molecule has 3 aromatic rings. The molecule has 1 atom stereocenters. The van der Waals surface area contributed by atoms with E-state index in [1.54, 1.807) is 16.7 Å². The Kier molecular flexibility index (Phi) is 8.30. The van der Waals surface area contributed by atoms with E-state index in [-0.39, 0.29) is 30.0 Å². The molecule has 1 aliphatic carbocycles. The fourth-order valence-electron chi connectivity index (χ4n) is 4.39. The van der Waals surface area contributed by atoms with Crippen LogP contribution in [0.4, 0.5) is 10.2 Å². The summed E-state index contributed by atoms with van der Waals surface area (Å²) in [5, 5.41) is 13.6. The second-order valence-electron chi connectivity index (χ2n) is 8.58. The van der Waals surface area contributed by atoms with Crippen LogP contribution in [0, 0.1) is 17.7 Å². The summed E-state index contributed by atoms with van der Waals surface area (Å²) in [6.07, 6.45) is 4.58. The number of nitrogen functional groups attached to an aromatic ring is 1. The van der Waals surface area contributed by atoms with Crippen LogP contribution in [0.2, 0.25) is 0 Å². The van der Waals surface area contributed by atoms with E-state index < -0.39 is 17.5 Å². The lowest BCUT2D eigenvalue weighted by Crippen LogP contribution is -2.32. The molecule has 0 aliphatic heterocycles. The van der Waals surface area contributed by atoms with E-state index in [2.05, 4.69) is 32.1 Å². The van der Waals surface area contributed by atoms with Gasteiger partial charge in [0.2, 0.25) is 11.7 Å². The van der Waals surface area contributed by atoms with Gasteiger partial charge in [-0.25, -0.2) is 19.3 Å². The summed E-state index contributed by atoms with van der Waals surface area (Å²) < 4.78 is 15.7. The number of halogens is 2. The van der Waals surface area contributed by atoms with Crippen molar-refractivity contribution >= 4 is 35.3 Å². The molecule has 35 heavy (non-hydrogen) atoms. The van der Waals surface area contributed by atoms with E-state index in [1.165, 1.54) is 12.1 Å². The van der Waals surface area contributed by atoms with Gasteiger partial charge in [-0.05, 0) is 57.1 Å². The molecule has 8 nitrogen and oxygen atoms in total. The van der Waals surface area contributed by atoms with Crippen molar-refractivity contribution in [3.05, 3.63) is 35.9 Å². The summed E-state index contributed by atoms with van der Waals surface area (Å²) in [6.45, 7) is 4.18. The monoisotopic (exact) mass is 500 g/mol. The number of nitrogens with zero attached hydrogens (tertiary/aromatic N) is 4. The molecule has 0 spiro atoms. The zero-order valence-electron chi connectivity index (χ0n) is 19.8. The van der Waals surface area contributed by atoms with Crippen LogP contribution in [0.5, 0.6) is 0 Å². The second-order valence-corrected chi connectivity index (χ2v) is 8.58. The Balaban J connectivity index is 0.00000342. The molecule has 1 saturated carbocycles. The highest BCUT2D eigenvalue weighted by Gasteiger charge is 2.28. The number of fused-ring (bicyclic) bond motifs is 1. The number of rotatable bonds is 5. The third-order valence-corrected chi connectivity index (χ3v) is 6.09. The number of nitrogens with one attached hydrogen (secondary N) is 1. The quantitative estimate of drug-likeness (QED) is 0.459. The lowest BCUT2D eigenvalue weighted by molar-refractivity contribution is -0.124. The van der Waals surface area contributed by atoms with Crippen molar-refractivity contribution < 1.29 is 14.3 Å². The molecule has 186 valence electrons. The third kappa shape index (κ3) is 5.55. The van der Waals surface area contributed by atoms with Gasteiger partial charge in [-0.15, -0.1) is 12.4 Å². The number of likely N-dealkylation sites (N-methyl/N-ethyl adjacent to an activating group) is 1. The summed E-state index contributed by atoms with van der Waals surface area (Å²) in [5.74, 6) is 5.79. The number of hydrogen-bond acceptors (Lipinski definition) is 6. The second kappa shape index (κ2) is 11.0. The zero-order valence-corrected chi connectivity index (χ0v) is 20.7. The molecule has 1 aromatic carbocycles. The Morgan fingerprint density at radius 2 is 2.00 bits per heavy atom. The Morgan fingerprint density at radius 1 is 1.26 bits per heavy atom. The molecule has 4 N–H and O–H groups in total.